The molecule has 0 heterocycles. The Morgan fingerprint density at radius 1 is 0.769 bits per heavy atom. The first kappa shape index (κ1) is 19.8. The number of benzene rings is 2. The standard InChI is InChI=1S/C18H15F6NO/c1-9-4-10(2)15(11(3)5-9)16(26)25-14-7-12(17(19,20)21)6-13(8-14)18(22,23)24/h4-8H,1-3H3,(H,25,26). The zero-order valence-electron chi connectivity index (χ0n) is 14.1. The summed E-state index contributed by atoms with van der Waals surface area (Å²) in [7, 11) is 0. The number of hydrogen-bond acceptors (Lipinski definition) is 1. The van der Waals surface area contributed by atoms with E-state index in [1.165, 1.54) is 0 Å². The maximum absolute atomic E-state index is 12.9. The van der Waals surface area contributed by atoms with Crippen molar-refractivity contribution < 1.29 is 31.1 Å². The Hall–Kier alpha value is -2.51. The summed E-state index contributed by atoms with van der Waals surface area (Å²) in [6.07, 6.45) is -9.95. The predicted molar refractivity (Wildman–Crippen MR) is 85.1 cm³/mol. The summed E-state index contributed by atoms with van der Waals surface area (Å²) in [6, 6.07) is 4.38. The second-order valence-corrected chi connectivity index (χ2v) is 6.02. The smallest absolute Gasteiger partial charge is 0.322 e. The van der Waals surface area contributed by atoms with Crippen molar-refractivity contribution in [3.63, 3.8) is 0 Å². The summed E-state index contributed by atoms with van der Waals surface area (Å²) in [5, 5.41) is 2.15. The second-order valence-electron chi connectivity index (χ2n) is 6.02. The topological polar surface area (TPSA) is 29.1 Å². The first-order chi connectivity index (χ1) is 11.8. The van der Waals surface area contributed by atoms with Crippen molar-refractivity contribution in [2.24, 2.45) is 0 Å². The molecule has 0 aliphatic rings. The maximum atomic E-state index is 12.9. The number of amides is 1. The first-order valence-electron chi connectivity index (χ1n) is 7.47. The van der Waals surface area contributed by atoms with Crippen LogP contribution in [-0.2, 0) is 12.4 Å². The Morgan fingerprint density at radius 3 is 1.58 bits per heavy atom. The highest BCUT2D eigenvalue weighted by Crippen LogP contribution is 2.37. The fourth-order valence-corrected chi connectivity index (χ4v) is 2.76. The van der Waals surface area contributed by atoms with E-state index >= 15 is 0 Å². The molecule has 2 aromatic carbocycles. The number of nitrogens with one attached hydrogen (secondary N) is 1. The third-order valence-corrected chi connectivity index (χ3v) is 3.75. The summed E-state index contributed by atoms with van der Waals surface area (Å²) >= 11 is 0. The molecule has 0 fully saturated rings. The molecule has 0 aromatic heterocycles. The van der Waals surface area contributed by atoms with Crippen LogP contribution in [0.5, 0.6) is 0 Å². The van der Waals surface area contributed by atoms with Gasteiger partial charge in [0.2, 0.25) is 0 Å². The van der Waals surface area contributed by atoms with Gasteiger partial charge in [0.15, 0.2) is 0 Å². The van der Waals surface area contributed by atoms with Gasteiger partial charge in [0.05, 0.1) is 11.1 Å². The highest BCUT2D eigenvalue weighted by Gasteiger charge is 2.37. The average Bonchev–Trinajstić information content (AvgIpc) is 2.43. The van der Waals surface area contributed by atoms with Crippen LogP contribution in [0.4, 0.5) is 32.0 Å². The van der Waals surface area contributed by atoms with Crippen LogP contribution in [0.3, 0.4) is 0 Å². The number of hydrogen-bond donors (Lipinski definition) is 1. The molecule has 1 N–H and O–H groups in total. The summed E-state index contributed by atoms with van der Waals surface area (Å²) in [5.74, 6) is -0.771. The molecule has 0 aliphatic heterocycles. The van der Waals surface area contributed by atoms with Crippen LogP contribution in [0.25, 0.3) is 0 Å². The van der Waals surface area contributed by atoms with E-state index in [9.17, 15) is 31.1 Å². The zero-order valence-corrected chi connectivity index (χ0v) is 14.1. The zero-order chi connectivity index (χ0) is 19.9. The van der Waals surface area contributed by atoms with Crippen molar-refractivity contribution in [1.29, 1.82) is 0 Å². The van der Waals surface area contributed by atoms with Crippen molar-refractivity contribution in [3.05, 3.63) is 63.7 Å². The Morgan fingerprint density at radius 2 is 1.19 bits per heavy atom. The maximum Gasteiger partial charge on any atom is 0.416 e. The van der Waals surface area contributed by atoms with Gasteiger partial charge in [-0.15, -0.1) is 0 Å². The molecule has 1 amide bonds. The van der Waals surface area contributed by atoms with E-state index in [0.717, 1.165) is 5.56 Å². The molecule has 0 saturated carbocycles. The molecule has 140 valence electrons. The van der Waals surface area contributed by atoms with Crippen molar-refractivity contribution in [2.75, 3.05) is 5.32 Å². The molecule has 0 bridgehead atoms. The number of alkyl halides is 6. The molecule has 2 nitrogen and oxygen atoms in total. The molecule has 26 heavy (non-hydrogen) atoms. The van der Waals surface area contributed by atoms with Crippen LogP contribution in [0.15, 0.2) is 30.3 Å². The quantitative estimate of drug-likeness (QED) is 0.651. The fraction of sp³-hybridized carbons (Fsp3) is 0.278. The number of anilines is 1. The van der Waals surface area contributed by atoms with Gasteiger partial charge in [-0.1, -0.05) is 17.7 Å². The molecule has 2 rings (SSSR count). The Balaban J connectivity index is 2.48. The van der Waals surface area contributed by atoms with Gasteiger partial charge >= 0.3 is 12.4 Å². The lowest BCUT2D eigenvalue weighted by Crippen LogP contribution is -2.17. The van der Waals surface area contributed by atoms with Gasteiger partial charge < -0.3 is 5.32 Å². The first-order valence-corrected chi connectivity index (χ1v) is 7.47. The normalized spacial score (nSPS) is 12.2. The Kier molecular flexibility index (Phi) is 5.07. The average molecular weight is 375 g/mol. The van der Waals surface area contributed by atoms with E-state index in [-0.39, 0.29) is 11.6 Å². The molecule has 0 atom stereocenters. The van der Waals surface area contributed by atoms with Crippen molar-refractivity contribution in [3.8, 4) is 0 Å². The van der Waals surface area contributed by atoms with E-state index in [2.05, 4.69) is 5.32 Å². The van der Waals surface area contributed by atoms with E-state index < -0.39 is 35.1 Å². The van der Waals surface area contributed by atoms with E-state index in [1.54, 1.807) is 26.0 Å². The largest absolute Gasteiger partial charge is 0.416 e. The van der Waals surface area contributed by atoms with Crippen LogP contribution in [-0.4, -0.2) is 5.91 Å². The monoisotopic (exact) mass is 375 g/mol. The van der Waals surface area contributed by atoms with E-state index in [0.29, 0.717) is 23.3 Å². The third-order valence-electron chi connectivity index (χ3n) is 3.75. The number of aryl methyl sites for hydroxylation is 3. The van der Waals surface area contributed by atoms with Gasteiger partial charge in [-0.2, -0.15) is 26.3 Å². The lowest BCUT2D eigenvalue weighted by Gasteiger charge is -2.16. The summed E-state index contributed by atoms with van der Waals surface area (Å²) in [6.45, 7) is 5.09. The number of halogens is 6. The van der Waals surface area contributed by atoms with Crippen LogP contribution < -0.4 is 5.32 Å². The van der Waals surface area contributed by atoms with Crippen LogP contribution >= 0.6 is 0 Å². The minimum Gasteiger partial charge on any atom is -0.322 e. The minimum absolute atomic E-state index is 0.0119. The van der Waals surface area contributed by atoms with Gasteiger partial charge in [0, 0.05) is 11.3 Å². The Labute approximate surface area is 145 Å². The van der Waals surface area contributed by atoms with E-state index in [4.69, 9.17) is 0 Å². The minimum atomic E-state index is -4.98. The number of carbonyl (C=O) groups excluding carboxylic acids is 1. The van der Waals surface area contributed by atoms with Crippen LogP contribution in [0.1, 0.15) is 38.2 Å². The molecular formula is C18H15F6NO. The second kappa shape index (κ2) is 6.66. The van der Waals surface area contributed by atoms with Gasteiger partial charge in [-0.25, -0.2) is 0 Å². The van der Waals surface area contributed by atoms with Crippen molar-refractivity contribution in [2.45, 2.75) is 33.1 Å². The lowest BCUT2D eigenvalue weighted by molar-refractivity contribution is -0.143. The van der Waals surface area contributed by atoms with Crippen LogP contribution in [0, 0.1) is 20.8 Å². The SMILES string of the molecule is Cc1cc(C)c(C(=O)Nc2cc(C(F)(F)F)cc(C(F)(F)F)c2)c(C)c1. The molecular weight excluding hydrogens is 360 g/mol. The van der Waals surface area contributed by atoms with Crippen molar-refractivity contribution in [1.82, 2.24) is 0 Å². The molecule has 2 aromatic rings. The number of rotatable bonds is 2. The molecule has 0 aliphatic carbocycles. The fourth-order valence-electron chi connectivity index (χ4n) is 2.76. The van der Waals surface area contributed by atoms with E-state index in [1.807, 2.05) is 6.92 Å². The summed E-state index contributed by atoms with van der Waals surface area (Å²) in [4.78, 5) is 12.4. The molecule has 0 saturated heterocycles. The summed E-state index contributed by atoms with van der Waals surface area (Å²) in [5.41, 5.74) is -1.31. The molecule has 8 heteroatoms. The third kappa shape index (κ3) is 4.36. The van der Waals surface area contributed by atoms with Crippen LogP contribution in [0.2, 0.25) is 0 Å². The predicted octanol–water partition coefficient (Wildman–Crippen LogP) is 5.90. The Bertz CT molecular complexity index is 796. The highest BCUT2D eigenvalue weighted by molar-refractivity contribution is 6.06. The highest BCUT2D eigenvalue weighted by atomic mass is 19.4. The molecule has 0 unspecified atom stereocenters. The van der Waals surface area contributed by atoms with Gasteiger partial charge in [-0.3, -0.25) is 4.79 Å². The number of carbonyl (C=O) groups is 1. The van der Waals surface area contributed by atoms with Crippen molar-refractivity contribution >= 4 is 11.6 Å². The molecule has 0 radical (unpaired) electrons. The van der Waals surface area contributed by atoms with Gasteiger partial charge in [0.25, 0.3) is 5.91 Å². The lowest BCUT2D eigenvalue weighted by atomic mass is 9.99. The van der Waals surface area contributed by atoms with Gasteiger partial charge in [-0.05, 0) is 50.1 Å². The summed E-state index contributed by atoms with van der Waals surface area (Å²) < 4.78 is 77.3. The molecule has 0 spiro atoms. The van der Waals surface area contributed by atoms with Gasteiger partial charge in [0.1, 0.15) is 0 Å².